The Balaban J connectivity index is 1.16. The molecule has 1 atom stereocenters. The number of aryl methyl sites for hydroxylation is 1. The van der Waals surface area contributed by atoms with Gasteiger partial charge in [-0.05, 0) is 49.8 Å². The van der Waals surface area contributed by atoms with Crippen molar-refractivity contribution in [1.29, 1.82) is 0 Å². The van der Waals surface area contributed by atoms with Crippen molar-refractivity contribution in [2.24, 2.45) is 0 Å². The van der Waals surface area contributed by atoms with Crippen LogP contribution in [0.15, 0.2) is 65.6 Å². The number of aromatic nitrogens is 4. The number of nitrogens with one attached hydrogen (secondary N) is 1. The first-order valence-corrected chi connectivity index (χ1v) is 12.6. The third-order valence-electron chi connectivity index (χ3n) is 7.14. The third kappa shape index (κ3) is 4.38. The minimum absolute atomic E-state index is 0.0104. The zero-order valence-corrected chi connectivity index (χ0v) is 19.7. The maximum atomic E-state index is 13.1. The molecule has 0 spiro atoms. The van der Waals surface area contributed by atoms with Crippen molar-refractivity contribution in [3.8, 4) is 0 Å². The second-order valence-corrected chi connectivity index (χ2v) is 9.65. The molecule has 1 amide bonds. The van der Waals surface area contributed by atoms with Gasteiger partial charge in [0.1, 0.15) is 5.82 Å². The van der Waals surface area contributed by atoms with Gasteiger partial charge >= 0.3 is 0 Å². The van der Waals surface area contributed by atoms with E-state index in [1.165, 1.54) is 11.3 Å². The number of hydrogen-bond donors (Lipinski definition) is 1. The molecule has 1 fully saturated rings. The first-order valence-electron chi connectivity index (χ1n) is 12.6. The lowest BCUT2D eigenvalue weighted by Crippen LogP contribution is -2.32. The van der Waals surface area contributed by atoms with Crippen molar-refractivity contribution in [1.82, 2.24) is 24.6 Å². The Hall–Kier alpha value is -3.74. The number of amides is 1. The van der Waals surface area contributed by atoms with Crippen molar-refractivity contribution in [2.75, 3.05) is 0 Å². The number of fused-ring (bicyclic) bond motifs is 2. The summed E-state index contributed by atoms with van der Waals surface area (Å²) in [4.78, 5) is 30.8. The van der Waals surface area contributed by atoms with Gasteiger partial charge in [0.05, 0.1) is 29.7 Å². The average Bonchev–Trinajstić information content (AvgIpc) is 3.64. The lowest BCUT2D eigenvalue weighted by molar-refractivity contribution is -0.121. The molecular weight excluding hydrogens is 438 g/mol. The van der Waals surface area contributed by atoms with Crippen molar-refractivity contribution in [2.45, 2.75) is 63.6 Å². The number of hydrogen-bond acceptors (Lipinski definition) is 4. The summed E-state index contributed by atoms with van der Waals surface area (Å²) < 4.78 is 3.89. The minimum Gasteiger partial charge on any atom is -0.349 e. The topological polar surface area (TPSA) is 81.8 Å². The third-order valence-corrected chi connectivity index (χ3v) is 7.14. The highest BCUT2D eigenvalue weighted by atomic mass is 16.1. The van der Waals surface area contributed by atoms with Gasteiger partial charge in [0.2, 0.25) is 5.91 Å². The zero-order valence-electron chi connectivity index (χ0n) is 19.7. The van der Waals surface area contributed by atoms with Crippen LogP contribution >= 0.6 is 0 Å². The van der Waals surface area contributed by atoms with Crippen LogP contribution < -0.4 is 10.9 Å². The van der Waals surface area contributed by atoms with Gasteiger partial charge in [-0.15, -0.1) is 0 Å². The maximum Gasteiger partial charge on any atom is 0.261 e. The smallest absolute Gasteiger partial charge is 0.261 e. The van der Waals surface area contributed by atoms with Crippen LogP contribution in [0.3, 0.4) is 0 Å². The van der Waals surface area contributed by atoms with Crippen LogP contribution in [-0.4, -0.2) is 25.2 Å². The van der Waals surface area contributed by atoms with Gasteiger partial charge in [0, 0.05) is 30.1 Å². The van der Waals surface area contributed by atoms with E-state index < -0.39 is 0 Å². The van der Waals surface area contributed by atoms with Gasteiger partial charge in [-0.2, -0.15) is 5.10 Å². The van der Waals surface area contributed by atoms with Crippen LogP contribution in [0.2, 0.25) is 0 Å². The molecule has 0 radical (unpaired) electrons. The Morgan fingerprint density at radius 2 is 1.83 bits per heavy atom. The molecule has 2 aliphatic carbocycles. The second-order valence-electron chi connectivity index (χ2n) is 9.65. The fourth-order valence-corrected chi connectivity index (χ4v) is 5.23. The predicted molar refractivity (Wildman–Crippen MR) is 134 cm³/mol. The average molecular weight is 468 g/mol. The molecule has 178 valence electrons. The Bertz CT molecular complexity index is 1440. The standard InChI is InChI=1S/C28H29N5O2/c34-27(16-15-26-30-23-10-5-4-9-21(23)28(35)33(26)20-13-14-20)31-24-11-6-12-25-22(24)17-29-32(25)18-19-7-2-1-3-8-19/h1-5,7-10,17,20,24H,6,11-16,18H2,(H,31,34). The fraction of sp³-hybridized carbons (Fsp3) is 0.357. The maximum absolute atomic E-state index is 13.1. The number of carbonyl (C=O) groups excluding carboxylic acids is 1. The normalized spacial score (nSPS) is 17.3. The fourth-order valence-electron chi connectivity index (χ4n) is 5.23. The largest absolute Gasteiger partial charge is 0.349 e. The van der Waals surface area contributed by atoms with Gasteiger partial charge in [-0.3, -0.25) is 18.8 Å². The number of benzene rings is 2. The van der Waals surface area contributed by atoms with Crippen LogP contribution in [0.5, 0.6) is 0 Å². The molecule has 0 bridgehead atoms. The van der Waals surface area contributed by atoms with E-state index in [9.17, 15) is 9.59 Å². The molecule has 1 saturated carbocycles. The quantitative estimate of drug-likeness (QED) is 0.444. The molecule has 2 heterocycles. The summed E-state index contributed by atoms with van der Waals surface area (Å²) >= 11 is 0. The van der Waals surface area contributed by atoms with E-state index >= 15 is 0 Å². The van der Waals surface area contributed by atoms with Gasteiger partial charge in [0.25, 0.3) is 5.56 Å². The summed E-state index contributed by atoms with van der Waals surface area (Å²) in [6, 6.07) is 18.0. The molecule has 2 aliphatic rings. The van der Waals surface area contributed by atoms with Crippen LogP contribution in [0.1, 0.15) is 66.8 Å². The molecule has 4 aromatic rings. The predicted octanol–water partition coefficient (Wildman–Crippen LogP) is 4.10. The molecule has 2 aromatic carbocycles. The molecule has 0 aliphatic heterocycles. The molecule has 0 saturated heterocycles. The van der Waals surface area contributed by atoms with E-state index in [0.717, 1.165) is 44.2 Å². The van der Waals surface area contributed by atoms with E-state index in [2.05, 4.69) is 27.2 Å². The molecule has 1 N–H and O–H groups in total. The molecule has 2 aromatic heterocycles. The minimum atomic E-state index is -0.0223. The summed E-state index contributed by atoms with van der Waals surface area (Å²) in [6.45, 7) is 0.739. The van der Waals surface area contributed by atoms with E-state index in [0.29, 0.717) is 29.6 Å². The molecule has 7 nitrogen and oxygen atoms in total. The van der Waals surface area contributed by atoms with Crippen molar-refractivity contribution >= 4 is 16.8 Å². The van der Waals surface area contributed by atoms with E-state index in [-0.39, 0.29) is 23.6 Å². The Morgan fingerprint density at radius 1 is 1.03 bits per heavy atom. The van der Waals surface area contributed by atoms with Gasteiger partial charge in [0.15, 0.2) is 0 Å². The second kappa shape index (κ2) is 9.13. The number of carbonyl (C=O) groups is 1. The van der Waals surface area contributed by atoms with E-state index in [1.54, 1.807) is 0 Å². The summed E-state index contributed by atoms with van der Waals surface area (Å²) in [6.07, 6.45) is 7.58. The highest BCUT2D eigenvalue weighted by Gasteiger charge is 2.29. The van der Waals surface area contributed by atoms with Gasteiger partial charge in [-0.25, -0.2) is 4.98 Å². The zero-order chi connectivity index (χ0) is 23.8. The monoisotopic (exact) mass is 467 g/mol. The van der Waals surface area contributed by atoms with E-state index in [1.807, 2.05) is 53.2 Å². The van der Waals surface area contributed by atoms with Crippen molar-refractivity contribution in [3.63, 3.8) is 0 Å². The summed E-state index contributed by atoms with van der Waals surface area (Å²) in [7, 11) is 0. The van der Waals surface area contributed by atoms with Crippen LogP contribution in [-0.2, 0) is 24.2 Å². The highest BCUT2D eigenvalue weighted by Crippen LogP contribution is 2.35. The SMILES string of the molecule is O=C(CCc1nc2ccccc2c(=O)n1C1CC1)NC1CCCc2c1cnn2Cc1ccccc1. The molecule has 7 heteroatoms. The number of nitrogens with zero attached hydrogens (tertiary/aromatic N) is 4. The molecule has 35 heavy (non-hydrogen) atoms. The van der Waals surface area contributed by atoms with Gasteiger partial charge < -0.3 is 5.32 Å². The first kappa shape index (κ1) is 21.8. The molecular formula is C28H29N5O2. The van der Waals surface area contributed by atoms with Crippen LogP contribution in [0.4, 0.5) is 0 Å². The Kier molecular flexibility index (Phi) is 5.68. The summed E-state index contributed by atoms with van der Waals surface area (Å²) in [5.41, 5.74) is 4.27. The molecule has 6 rings (SSSR count). The van der Waals surface area contributed by atoms with Crippen LogP contribution in [0.25, 0.3) is 10.9 Å². The van der Waals surface area contributed by atoms with E-state index in [4.69, 9.17) is 4.98 Å². The lowest BCUT2D eigenvalue weighted by atomic mass is 9.92. The first-order chi connectivity index (χ1) is 17.2. The Morgan fingerprint density at radius 3 is 2.66 bits per heavy atom. The van der Waals surface area contributed by atoms with Crippen LogP contribution in [0, 0.1) is 0 Å². The Labute approximate surface area is 203 Å². The van der Waals surface area contributed by atoms with Crippen molar-refractivity contribution < 1.29 is 4.79 Å². The summed E-state index contributed by atoms with van der Waals surface area (Å²) in [5.74, 6) is 0.703. The summed E-state index contributed by atoms with van der Waals surface area (Å²) in [5, 5.41) is 8.52. The van der Waals surface area contributed by atoms with Gasteiger partial charge in [-0.1, -0.05) is 42.5 Å². The highest BCUT2D eigenvalue weighted by molar-refractivity contribution is 5.78. The molecule has 1 unspecified atom stereocenters. The lowest BCUT2D eigenvalue weighted by Gasteiger charge is -2.24. The van der Waals surface area contributed by atoms with Crippen molar-refractivity contribution in [3.05, 3.63) is 93.8 Å². The number of rotatable bonds is 7. The number of para-hydroxylation sites is 1.